The zero-order valence-corrected chi connectivity index (χ0v) is 12.7. The number of carbonyl (C=O) groups excluding carboxylic acids is 2. The Morgan fingerprint density at radius 1 is 1.38 bits per heavy atom. The third kappa shape index (κ3) is 3.22. The highest BCUT2D eigenvalue weighted by atomic mass is 35.5. The Morgan fingerprint density at radius 3 is 2.62 bits per heavy atom. The first-order chi connectivity index (χ1) is 9.84. The van der Waals surface area contributed by atoms with Gasteiger partial charge in [0.15, 0.2) is 0 Å². The van der Waals surface area contributed by atoms with Crippen LogP contribution in [0.5, 0.6) is 0 Å². The number of hydrogen-bond acceptors (Lipinski definition) is 5. The van der Waals surface area contributed by atoms with Gasteiger partial charge < -0.3 is 0 Å². The second kappa shape index (κ2) is 6.07. The van der Waals surface area contributed by atoms with Crippen molar-refractivity contribution in [3.63, 3.8) is 0 Å². The van der Waals surface area contributed by atoms with E-state index in [1.807, 2.05) is 0 Å². The first-order valence-corrected chi connectivity index (χ1v) is 7.88. The third-order valence-electron chi connectivity index (χ3n) is 3.26. The van der Waals surface area contributed by atoms with Gasteiger partial charge in [0.25, 0.3) is 5.91 Å². The molecule has 21 heavy (non-hydrogen) atoms. The zero-order chi connectivity index (χ0) is 15.6. The molecule has 1 fully saturated rings. The van der Waals surface area contributed by atoms with Crippen LogP contribution in [0.2, 0.25) is 5.02 Å². The number of nitrogens with zero attached hydrogens (tertiary/aromatic N) is 1. The summed E-state index contributed by atoms with van der Waals surface area (Å²) in [7, 11) is -2.49. The minimum atomic E-state index is -2.49. The van der Waals surface area contributed by atoms with Crippen molar-refractivity contribution < 1.29 is 14.2 Å². The molecule has 1 heterocycles. The van der Waals surface area contributed by atoms with E-state index in [0.29, 0.717) is 18.0 Å². The fourth-order valence-electron chi connectivity index (χ4n) is 2.02. The number of carbonyl (C=O) groups is 2. The SMILES string of the molecule is NN1CCC[C@](N)([P+](=O)NC(=O)c2ccc(Cl)cc2)C1=O. The number of halogens is 1. The maximum Gasteiger partial charge on any atom is 0.495 e. The lowest BCUT2D eigenvalue weighted by atomic mass is 10.1. The van der Waals surface area contributed by atoms with E-state index >= 15 is 0 Å². The van der Waals surface area contributed by atoms with Crippen LogP contribution in [0.1, 0.15) is 23.2 Å². The molecule has 1 aromatic carbocycles. The van der Waals surface area contributed by atoms with Gasteiger partial charge in [-0.15, -0.1) is 5.09 Å². The van der Waals surface area contributed by atoms with E-state index < -0.39 is 25.0 Å². The molecule has 0 saturated carbocycles. The molecule has 0 spiro atoms. The van der Waals surface area contributed by atoms with E-state index in [-0.39, 0.29) is 12.0 Å². The molecule has 112 valence electrons. The average molecular weight is 330 g/mol. The van der Waals surface area contributed by atoms with E-state index in [4.69, 9.17) is 23.2 Å². The van der Waals surface area contributed by atoms with Gasteiger partial charge in [-0.05, 0) is 35.3 Å². The van der Waals surface area contributed by atoms with Gasteiger partial charge in [-0.25, -0.2) is 5.84 Å². The molecule has 2 rings (SSSR count). The van der Waals surface area contributed by atoms with E-state index in [9.17, 15) is 14.2 Å². The molecule has 9 heteroatoms. The van der Waals surface area contributed by atoms with Crippen molar-refractivity contribution >= 4 is 31.4 Å². The first kappa shape index (κ1) is 15.9. The first-order valence-electron chi connectivity index (χ1n) is 6.24. The molecule has 1 saturated heterocycles. The summed E-state index contributed by atoms with van der Waals surface area (Å²) >= 11 is 5.73. The summed E-state index contributed by atoms with van der Waals surface area (Å²) in [6.45, 7) is 0.353. The van der Waals surface area contributed by atoms with Gasteiger partial charge in [0.2, 0.25) is 0 Å². The van der Waals surface area contributed by atoms with Gasteiger partial charge in [0.05, 0.1) is 0 Å². The van der Waals surface area contributed by atoms with E-state index in [1.54, 1.807) is 0 Å². The van der Waals surface area contributed by atoms with Crippen molar-refractivity contribution in [2.24, 2.45) is 11.6 Å². The van der Waals surface area contributed by atoms with Gasteiger partial charge in [-0.2, -0.15) is 0 Å². The van der Waals surface area contributed by atoms with Crippen molar-refractivity contribution in [2.75, 3.05) is 6.54 Å². The summed E-state index contributed by atoms with van der Waals surface area (Å²) in [5.74, 6) is 4.28. The van der Waals surface area contributed by atoms with Gasteiger partial charge in [0, 0.05) is 23.6 Å². The van der Waals surface area contributed by atoms with Gasteiger partial charge in [-0.1, -0.05) is 11.6 Å². The van der Waals surface area contributed by atoms with Gasteiger partial charge in [0.1, 0.15) is 0 Å². The van der Waals surface area contributed by atoms with Crippen molar-refractivity contribution in [3.8, 4) is 0 Å². The summed E-state index contributed by atoms with van der Waals surface area (Å²) in [5.41, 5.74) is 6.17. The number of rotatable bonds is 3. The molecule has 1 aliphatic heterocycles. The highest BCUT2D eigenvalue weighted by Gasteiger charge is 2.57. The fraction of sp³-hybridized carbons (Fsp3) is 0.333. The van der Waals surface area contributed by atoms with Crippen LogP contribution in [0.4, 0.5) is 0 Å². The Morgan fingerprint density at radius 2 is 2.00 bits per heavy atom. The van der Waals surface area contributed by atoms with Crippen LogP contribution < -0.4 is 16.7 Å². The molecule has 0 bridgehead atoms. The topological polar surface area (TPSA) is 119 Å². The van der Waals surface area contributed by atoms with Crippen molar-refractivity contribution in [1.82, 2.24) is 10.1 Å². The summed E-state index contributed by atoms with van der Waals surface area (Å²) < 4.78 is 12.3. The Kier molecular flexibility index (Phi) is 4.58. The molecule has 1 aliphatic rings. The second-order valence-electron chi connectivity index (χ2n) is 4.77. The van der Waals surface area contributed by atoms with Crippen LogP contribution in [0, 0.1) is 0 Å². The van der Waals surface area contributed by atoms with Crippen LogP contribution in [0.3, 0.4) is 0 Å². The van der Waals surface area contributed by atoms with E-state index in [2.05, 4.69) is 5.09 Å². The molecule has 2 amide bonds. The lowest BCUT2D eigenvalue weighted by molar-refractivity contribution is -0.136. The number of hydrogen-bond donors (Lipinski definition) is 3. The largest absolute Gasteiger partial charge is 0.495 e. The van der Waals surface area contributed by atoms with Crippen LogP contribution in [-0.4, -0.2) is 28.6 Å². The number of nitrogens with one attached hydrogen (secondary N) is 1. The number of piperidine rings is 1. The summed E-state index contributed by atoms with van der Waals surface area (Å²) in [5, 5.41) is 2.03. The van der Waals surface area contributed by atoms with Crippen molar-refractivity contribution in [1.29, 1.82) is 0 Å². The standard InChI is InChI=1S/C12H14ClN4O3P/c13-9-4-2-8(3-5-9)10(18)16-21(20)12(14)6-1-7-17(15)11(12)19/h2-5H,1,6-7,14-15H2/p+1/t12-/m0/s1. The van der Waals surface area contributed by atoms with E-state index in [0.717, 1.165) is 5.01 Å². The smallest absolute Gasteiger partial charge is 0.275 e. The van der Waals surface area contributed by atoms with Gasteiger partial charge in [-0.3, -0.25) is 20.3 Å². The van der Waals surface area contributed by atoms with Crippen molar-refractivity contribution in [2.45, 2.75) is 18.1 Å². The second-order valence-corrected chi connectivity index (χ2v) is 6.82. The number of amides is 2. The van der Waals surface area contributed by atoms with Gasteiger partial charge >= 0.3 is 19.1 Å². The van der Waals surface area contributed by atoms with Crippen LogP contribution in [0.15, 0.2) is 24.3 Å². The zero-order valence-electron chi connectivity index (χ0n) is 11.1. The number of nitrogens with two attached hydrogens (primary N) is 2. The third-order valence-corrected chi connectivity index (χ3v) is 5.06. The molecule has 0 radical (unpaired) electrons. The highest BCUT2D eigenvalue weighted by molar-refractivity contribution is 7.46. The van der Waals surface area contributed by atoms with Crippen LogP contribution >= 0.6 is 19.6 Å². The predicted molar refractivity (Wildman–Crippen MR) is 78.6 cm³/mol. The molecule has 0 aliphatic carbocycles. The maximum absolute atomic E-state index is 12.3. The average Bonchev–Trinajstić information content (AvgIpc) is 2.45. The lowest BCUT2D eigenvalue weighted by Gasteiger charge is -2.28. The molecule has 7 nitrogen and oxygen atoms in total. The summed E-state index contributed by atoms with van der Waals surface area (Å²) in [6.07, 6.45) is 0.728. The highest BCUT2D eigenvalue weighted by Crippen LogP contribution is 2.38. The minimum Gasteiger partial charge on any atom is -0.275 e. The Hall–Kier alpha value is -1.53. The Bertz CT molecular complexity index is 595. The quantitative estimate of drug-likeness (QED) is 0.433. The maximum atomic E-state index is 12.3. The predicted octanol–water partition coefficient (Wildman–Crippen LogP) is 0.963. The molecule has 0 aromatic heterocycles. The Labute approximate surface area is 127 Å². The molecule has 2 atom stereocenters. The molecule has 5 N–H and O–H groups in total. The monoisotopic (exact) mass is 329 g/mol. The number of benzene rings is 1. The molecule has 1 unspecified atom stereocenters. The summed E-state index contributed by atoms with van der Waals surface area (Å²) in [6, 6.07) is 6.05. The lowest BCUT2D eigenvalue weighted by Crippen LogP contribution is -2.60. The minimum absolute atomic E-state index is 0.204. The number of hydrazine groups is 1. The van der Waals surface area contributed by atoms with E-state index in [1.165, 1.54) is 24.3 Å². The summed E-state index contributed by atoms with van der Waals surface area (Å²) in [4.78, 5) is 24.0. The van der Waals surface area contributed by atoms with Crippen LogP contribution in [0.25, 0.3) is 0 Å². The Balaban J connectivity index is 2.11. The normalized spacial score (nSPS) is 22.9. The van der Waals surface area contributed by atoms with Crippen LogP contribution in [-0.2, 0) is 9.36 Å². The molecular weight excluding hydrogens is 315 g/mol. The van der Waals surface area contributed by atoms with Crippen molar-refractivity contribution in [3.05, 3.63) is 34.9 Å². The fourth-order valence-corrected chi connectivity index (χ4v) is 3.32. The molecule has 1 aromatic rings. The molecular formula is C12H15ClN4O3P+.